The van der Waals surface area contributed by atoms with E-state index < -0.39 is 5.97 Å². The van der Waals surface area contributed by atoms with E-state index in [0.717, 1.165) is 10.9 Å². The van der Waals surface area contributed by atoms with Crippen molar-refractivity contribution in [3.8, 4) is 0 Å². The van der Waals surface area contributed by atoms with Crippen LogP contribution in [0.5, 0.6) is 0 Å². The van der Waals surface area contributed by atoms with Crippen LogP contribution in [0.25, 0.3) is 10.9 Å². The molecule has 0 radical (unpaired) electrons. The lowest BCUT2D eigenvalue weighted by Gasteiger charge is -2.13. The van der Waals surface area contributed by atoms with Crippen LogP contribution in [-0.2, 0) is 16.1 Å². The SMILES string of the molecule is CC(CCC(=O)O)NC(=O)CCn1ccc2ccccc21. The third-order valence-electron chi connectivity index (χ3n) is 3.46. The normalized spacial score (nSPS) is 12.2. The zero-order valence-corrected chi connectivity index (χ0v) is 12.1. The molecule has 1 heterocycles. The Labute approximate surface area is 123 Å². The maximum atomic E-state index is 11.9. The van der Waals surface area contributed by atoms with Crippen molar-refractivity contribution in [2.75, 3.05) is 0 Å². The third-order valence-corrected chi connectivity index (χ3v) is 3.46. The molecular weight excluding hydrogens is 268 g/mol. The van der Waals surface area contributed by atoms with Gasteiger partial charge in [-0.1, -0.05) is 18.2 Å². The first kappa shape index (κ1) is 15.1. The van der Waals surface area contributed by atoms with Gasteiger partial charge in [-0.25, -0.2) is 0 Å². The molecule has 0 aliphatic carbocycles. The van der Waals surface area contributed by atoms with Crippen LogP contribution >= 0.6 is 0 Å². The molecule has 0 aliphatic rings. The van der Waals surface area contributed by atoms with Crippen molar-refractivity contribution < 1.29 is 14.7 Å². The lowest BCUT2D eigenvalue weighted by Crippen LogP contribution is -2.33. The maximum absolute atomic E-state index is 11.9. The average Bonchev–Trinajstić information content (AvgIpc) is 2.86. The molecule has 5 nitrogen and oxygen atoms in total. The molecule has 1 aromatic heterocycles. The van der Waals surface area contributed by atoms with Gasteiger partial charge in [-0.3, -0.25) is 9.59 Å². The van der Waals surface area contributed by atoms with Gasteiger partial charge >= 0.3 is 5.97 Å². The molecule has 0 bridgehead atoms. The van der Waals surface area contributed by atoms with E-state index in [0.29, 0.717) is 19.4 Å². The minimum Gasteiger partial charge on any atom is -0.481 e. The highest BCUT2D eigenvalue weighted by Gasteiger charge is 2.09. The molecule has 5 heteroatoms. The van der Waals surface area contributed by atoms with E-state index in [9.17, 15) is 9.59 Å². The van der Waals surface area contributed by atoms with Crippen LogP contribution in [0, 0.1) is 0 Å². The van der Waals surface area contributed by atoms with Crippen molar-refractivity contribution in [1.29, 1.82) is 0 Å². The highest BCUT2D eigenvalue weighted by atomic mass is 16.4. The molecule has 1 amide bonds. The van der Waals surface area contributed by atoms with E-state index >= 15 is 0 Å². The van der Waals surface area contributed by atoms with Gasteiger partial charge in [0.05, 0.1) is 0 Å². The topological polar surface area (TPSA) is 71.3 Å². The van der Waals surface area contributed by atoms with E-state index in [1.807, 2.05) is 43.5 Å². The Balaban J connectivity index is 1.82. The number of benzene rings is 1. The first-order chi connectivity index (χ1) is 10.1. The standard InChI is InChI=1S/C16H20N2O3/c1-12(6-7-16(20)21)17-15(19)9-11-18-10-8-13-4-2-3-5-14(13)18/h2-5,8,10,12H,6-7,9,11H2,1H3,(H,17,19)(H,20,21). The fraction of sp³-hybridized carbons (Fsp3) is 0.375. The van der Waals surface area contributed by atoms with Crippen molar-refractivity contribution in [3.05, 3.63) is 36.5 Å². The van der Waals surface area contributed by atoms with E-state index in [4.69, 9.17) is 5.11 Å². The van der Waals surface area contributed by atoms with Crippen LogP contribution in [0.15, 0.2) is 36.5 Å². The van der Waals surface area contributed by atoms with Crippen LogP contribution in [0.1, 0.15) is 26.2 Å². The summed E-state index contributed by atoms with van der Waals surface area (Å²) in [5.74, 6) is -0.888. The average molecular weight is 288 g/mol. The molecule has 0 saturated carbocycles. The number of aromatic nitrogens is 1. The number of carbonyl (C=O) groups is 2. The number of nitrogens with one attached hydrogen (secondary N) is 1. The number of carboxylic acid groups (broad SMARTS) is 1. The number of aliphatic carboxylic acids is 1. The molecule has 0 fully saturated rings. The van der Waals surface area contributed by atoms with Crippen LogP contribution in [0.3, 0.4) is 0 Å². The van der Waals surface area contributed by atoms with E-state index in [1.54, 1.807) is 0 Å². The van der Waals surface area contributed by atoms with E-state index in [-0.39, 0.29) is 18.4 Å². The summed E-state index contributed by atoms with van der Waals surface area (Å²) < 4.78 is 2.05. The fourth-order valence-electron chi connectivity index (χ4n) is 2.32. The van der Waals surface area contributed by atoms with Gasteiger partial charge < -0.3 is 15.0 Å². The summed E-state index contributed by atoms with van der Waals surface area (Å²) in [5.41, 5.74) is 1.12. The maximum Gasteiger partial charge on any atom is 0.303 e. The molecule has 112 valence electrons. The van der Waals surface area contributed by atoms with Crippen molar-refractivity contribution in [2.24, 2.45) is 0 Å². The highest BCUT2D eigenvalue weighted by molar-refractivity contribution is 5.80. The van der Waals surface area contributed by atoms with Crippen molar-refractivity contribution in [3.63, 3.8) is 0 Å². The number of carbonyl (C=O) groups excluding carboxylic acids is 1. The molecule has 2 N–H and O–H groups in total. The Bertz CT molecular complexity index is 633. The summed E-state index contributed by atoms with van der Waals surface area (Å²) in [4.78, 5) is 22.3. The van der Waals surface area contributed by atoms with E-state index in [2.05, 4.69) is 9.88 Å². The van der Waals surface area contributed by atoms with Gasteiger partial charge in [-0.2, -0.15) is 0 Å². The van der Waals surface area contributed by atoms with Gasteiger partial charge in [0.1, 0.15) is 0 Å². The molecule has 2 rings (SSSR count). The number of nitrogens with zero attached hydrogens (tertiary/aromatic N) is 1. The summed E-state index contributed by atoms with van der Waals surface area (Å²) in [6, 6.07) is 9.96. The van der Waals surface area contributed by atoms with Crippen molar-refractivity contribution in [2.45, 2.75) is 38.8 Å². The van der Waals surface area contributed by atoms with Crippen LogP contribution in [0.2, 0.25) is 0 Å². The Morgan fingerprint density at radius 1 is 1.24 bits per heavy atom. The lowest BCUT2D eigenvalue weighted by molar-refractivity contribution is -0.137. The Morgan fingerprint density at radius 2 is 2.00 bits per heavy atom. The molecule has 0 spiro atoms. The minimum absolute atomic E-state index is 0.0503. The van der Waals surface area contributed by atoms with Crippen LogP contribution in [0.4, 0.5) is 0 Å². The second kappa shape index (κ2) is 6.92. The largest absolute Gasteiger partial charge is 0.481 e. The fourth-order valence-corrected chi connectivity index (χ4v) is 2.32. The molecule has 0 saturated heterocycles. The zero-order chi connectivity index (χ0) is 15.2. The monoisotopic (exact) mass is 288 g/mol. The number of fused-ring (bicyclic) bond motifs is 1. The summed E-state index contributed by atoms with van der Waals surface area (Å²) >= 11 is 0. The molecule has 1 unspecified atom stereocenters. The Morgan fingerprint density at radius 3 is 2.76 bits per heavy atom. The Kier molecular flexibility index (Phi) is 4.98. The van der Waals surface area contributed by atoms with Crippen molar-refractivity contribution >= 4 is 22.8 Å². The van der Waals surface area contributed by atoms with Crippen molar-refractivity contribution in [1.82, 2.24) is 9.88 Å². The summed E-state index contributed by atoms with van der Waals surface area (Å²) in [5, 5.41) is 12.6. The van der Waals surface area contributed by atoms with Gasteiger partial charge in [-0.15, -0.1) is 0 Å². The number of amides is 1. The van der Waals surface area contributed by atoms with Crippen LogP contribution < -0.4 is 5.32 Å². The third kappa shape index (κ3) is 4.34. The number of hydrogen-bond donors (Lipinski definition) is 2. The minimum atomic E-state index is -0.838. The molecule has 2 aromatic rings. The summed E-state index contributed by atoms with van der Waals surface area (Å²) in [7, 11) is 0. The molecule has 1 aromatic carbocycles. The highest BCUT2D eigenvalue weighted by Crippen LogP contribution is 2.15. The molecule has 0 aliphatic heterocycles. The van der Waals surface area contributed by atoms with Gasteiger partial charge in [0, 0.05) is 37.1 Å². The Hall–Kier alpha value is -2.30. The van der Waals surface area contributed by atoms with Crippen LogP contribution in [-0.4, -0.2) is 27.6 Å². The molecule has 21 heavy (non-hydrogen) atoms. The summed E-state index contributed by atoms with van der Waals surface area (Å²) in [6.45, 7) is 2.44. The summed E-state index contributed by atoms with van der Waals surface area (Å²) in [6.07, 6.45) is 2.89. The number of aryl methyl sites for hydroxylation is 1. The number of rotatable bonds is 7. The second-order valence-corrected chi connectivity index (χ2v) is 5.22. The van der Waals surface area contributed by atoms with Gasteiger partial charge in [0.15, 0.2) is 0 Å². The molecule has 1 atom stereocenters. The predicted molar refractivity (Wildman–Crippen MR) is 81.0 cm³/mol. The lowest BCUT2D eigenvalue weighted by atomic mass is 10.2. The number of carboxylic acids is 1. The van der Waals surface area contributed by atoms with Gasteiger partial charge in [0.2, 0.25) is 5.91 Å². The second-order valence-electron chi connectivity index (χ2n) is 5.22. The first-order valence-electron chi connectivity index (χ1n) is 7.11. The molecular formula is C16H20N2O3. The quantitative estimate of drug-likeness (QED) is 0.822. The number of hydrogen-bond acceptors (Lipinski definition) is 2. The van der Waals surface area contributed by atoms with Gasteiger partial charge in [-0.05, 0) is 30.9 Å². The zero-order valence-electron chi connectivity index (χ0n) is 12.1. The van der Waals surface area contributed by atoms with Gasteiger partial charge in [0.25, 0.3) is 0 Å². The number of para-hydroxylation sites is 1. The predicted octanol–water partition coefficient (Wildman–Crippen LogP) is 2.40. The smallest absolute Gasteiger partial charge is 0.303 e. The van der Waals surface area contributed by atoms with E-state index in [1.165, 1.54) is 0 Å². The first-order valence-corrected chi connectivity index (χ1v) is 7.11.